The Kier molecular flexibility index (Phi) is 6.14. The lowest BCUT2D eigenvalue weighted by Crippen LogP contribution is -2.13. The third-order valence-corrected chi connectivity index (χ3v) is 1.92. The summed E-state index contributed by atoms with van der Waals surface area (Å²) in [6.45, 7) is 4.07. The van der Waals surface area contributed by atoms with Gasteiger partial charge in [0.25, 0.3) is 0 Å². The van der Waals surface area contributed by atoms with Gasteiger partial charge in [0.05, 0.1) is 6.10 Å². The van der Waals surface area contributed by atoms with E-state index in [1.165, 1.54) is 0 Å². The first-order valence-electron chi connectivity index (χ1n) is 3.92. The van der Waals surface area contributed by atoms with Crippen molar-refractivity contribution in [1.29, 1.82) is 0 Å². The van der Waals surface area contributed by atoms with Crippen molar-refractivity contribution in [3.8, 4) is 0 Å². The first-order valence-corrected chi connectivity index (χ1v) is 4.46. The zero-order chi connectivity index (χ0) is 7.98. The molecule has 0 aliphatic carbocycles. The van der Waals surface area contributed by atoms with Crippen LogP contribution in [0.1, 0.15) is 33.1 Å². The van der Waals surface area contributed by atoms with E-state index in [-0.39, 0.29) is 6.10 Å². The van der Waals surface area contributed by atoms with Crippen LogP contribution < -0.4 is 0 Å². The quantitative estimate of drug-likeness (QED) is 0.489. The van der Waals surface area contributed by atoms with E-state index in [0.29, 0.717) is 11.8 Å². The van der Waals surface area contributed by atoms with E-state index in [1.807, 2.05) is 13.8 Å². The van der Waals surface area contributed by atoms with Crippen molar-refractivity contribution < 1.29 is 5.11 Å². The van der Waals surface area contributed by atoms with Crippen LogP contribution >= 0.6 is 11.6 Å². The van der Waals surface area contributed by atoms with Gasteiger partial charge in [-0.25, -0.2) is 0 Å². The molecule has 0 bridgehead atoms. The molecule has 0 aliphatic heterocycles. The van der Waals surface area contributed by atoms with Gasteiger partial charge in [0.15, 0.2) is 0 Å². The first kappa shape index (κ1) is 10.2. The van der Waals surface area contributed by atoms with Crippen LogP contribution in [0.25, 0.3) is 0 Å². The smallest absolute Gasteiger partial charge is 0.0563 e. The van der Waals surface area contributed by atoms with Crippen LogP contribution in [0, 0.1) is 5.92 Å². The normalized spacial score (nSPS) is 14.1. The Morgan fingerprint density at radius 1 is 1.30 bits per heavy atom. The Morgan fingerprint density at radius 3 is 2.30 bits per heavy atom. The van der Waals surface area contributed by atoms with E-state index in [1.54, 1.807) is 0 Å². The fourth-order valence-electron chi connectivity index (χ4n) is 0.781. The van der Waals surface area contributed by atoms with E-state index in [0.717, 1.165) is 19.3 Å². The summed E-state index contributed by atoms with van der Waals surface area (Å²) in [5, 5.41) is 9.31. The Balaban J connectivity index is 3.13. The SMILES string of the molecule is CC(C)C(O)CCCCCl. The molecule has 0 spiro atoms. The molecule has 10 heavy (non-hydrogen) atoms. The number of aliphatic hydroxyl groups is 1. The summed E-state index contributed by atoms with van der Waals surface area (Å²) in [6.07, 6.45) is 2.82. The first-order chi connectivity index (χ1) is 4.68. The second kappa shape index (κ2) is 5.99. The molecule has 0 radical (unpaired) electrons. The lowest BCUT2D eigenvalue weighted by Gasteiger charge is -2.12. The van der Waals surface area contributed by atoms with Crippen LogP contribution in [0.15, 0.2) is 0 Å². The Labute approximate surface area is 68.4 Å². The number of rotatable bonds is 5. The predicted octanol–water partition coefficient (Wildman–Crippen LogP) is 2.41. The van der Waals surface area contributed by atoms with Gasteiger partial charge in [0.1, 0.15) is 0 Å². The standard InChI is InChI=1S/C8H17ClO/c1-7(2)8(10)5-3-4-6-9/h7-8,10H,3-6H2,1-2H3. The van der Waals surface area contributed by atoms with E-state index in [4.69, 9.17) is 11.6 Å². The van der Waals surface area contributed by atoms with Crippen molar-refractivity contribution in [3.05, 3.63) is 0 Å². The lowest BCUT2D eigenvalue weighted by molar-refractivity contribution is 0.114. The van der Waals surface area contributed by atoms with Crippen molar-refractivity contribution in [3.63, 3.8) is 0 Å². The molecule has 1 atom stereocenters. The van der Waals surface area contributed by atoms with Crippen molar-refractivity contribution in [2.75, 3.05) is 5.88 Å². The van der Waals surface area contributed by atoms with Gasteiger partial charge >= 0.3 is 0 Å². The molecule has 0 aromatic rings. The van der Waals surface area contributed by atoms with Gasteiger partial charge in [-0.2, -0.15) is 0 Å². The second-order valence-electron chi connectivity index (χ2n) is 3.00. The molecule has 2 heteroatoms. The number of hydrogen-bond donors (Lipinski definition) is 1. The molecular formula is C8H17ClO. The maximum absolute atomic E-state index is 9.31. The molecule has 0 aromatic heterocycles. The van der Waals surface area contributed by atoms with Crippen molar-refractivity contribution in [2.45, 2.75) is 39.2 Å². The van der Waals surface area contributed by atoms with Crippen LogP contribution in [-0.2, 0) is 0 Å². The molecule has 62 valence electrons. The Bertz CT molecular complexity index is 73.7. The summed E-state index contributed by atoms with van der Waals surface area (Å²) < 4.78 is 0. The Hall–Kier alpha value is 0.250. The van der Waals surface area contributed by atoms with Crippen molar-refractivity contribution >= 4 is 11.6 Å². The van der Waals surface area contributed by atoms with Crippen LogP contribution in [0.5, 0.6) is 0 Å². The average molecular weight is 165 g/mol. The maximum atomic E-state index is 9.31. The largest absolute Gasteiger partial charge is 0.393 e. The summed E-state index contributed by atoms with van der Waals surface area (Å²) in [5.74, 6) is 1.10. The van der Waals surface area contributed by atoms with E-state index >= 15 is 0 Å². The lowest BCUT2D eigenvalue weighted by atomic mass is 10.0. The summed E-state index contributed by atoms with van der Waals surface area (Å²) in [5.41, 5.74) is 0. The second-order valence-corrected chi connectivity index (χ2v) is 3.37. The number of unbranched alkanes of at least 4 members (excludes halogenated alkanes) is 1. The van der Waals surface area contributed by atoms with Crippen molar-refractivity contribution in [1.82, 2.24) is 0 Å². The van der Waals surface area contributed by atoms with Crippen LogP contribution in [0.2, 0.25) is 0 Å². The zero-order valence-electron chi connectivity index (χ0n) is 6.81. The van der Waals surface area contributed by atoms with Gasteiger partial charge in [-0.15, -0.1) is 11.6 Å². The summed E-state index contributed by atoms with van der Waals surface area (Å²) in [7, 11) is 0. The number of hydrogen-bond acceptors (Lipinski definition) is 1. The molecular weight excluding hydrogens is 148 g/mol. The molecule has 0 saturated carbocycles. The number of aliphatic hydroxyl groups excluding tert-OH is 1. The molecule has 0 heterocycles. The average Bonchev–Trinajstić information content (AvgIpc) is 1.88. The fraction of sp³-hybridized carbons (Fsp3) is 1.00. The molecule has 1 nitrogen and oxygen atoms in total. The fourth-order valence-corrected chi connectivity index (χ4v) is 0.970. The van der Waals surface area contributed by atoms with Crippen LogP contribution in [0.4, 0.5) is 0 Å². The molecule has 0 aromatic carbocycles. The highest BCUT2D eigenvalue weighted by atomic mass is 35.5. The zero-order valence-corrected chi connectivity index (χ0v) is 7.56. The van der Waals surface area contributed by atoms with Gasteiger partial charge in [-0.05, 0) is 25.2 Å². The highest BCUT2D eigenvalue weighted by Crippen LogP contribution is 2.09. The van der Waals surface area contributed by atoms with Gasteiger partial charge in [0.2, 0.25) is 0 Å². The van der Waals surface area contributed by atoms with Gasteiger partial charge in [-0.3, -0.25) is 0 Å². The Morgan fingerprint density at radius 2 is 1.90 bits per heavy atom. The minimum absolute atomic E-state index is 0.136. The van der Waals surface area contributed by atoms with E-state index in [9.17, 15) is 5.11 Å². The maximum Gasteiger partial charge on any atom is 0.0563 e. The molecule has 1 unspecified atom stereocenters. The molecule has 0 saturated heterocycles. The summed E-state index contributed by atoms with van der Waals surface area (Å²) >= 11 is 5.48. The molecule has 0 amide bonds. The summed E-state index contributed by atoms with van der Waals surface area (Å²) in [4.78, 5) is 0. The number of halogens is 1. The van der Waals surface area contributed by atoms with Crippen molar-refractivity contribution in [2.24, 2.45) is 5.92 Å². The monoisotopic (exact) mass is 164 g/mol. The third kappa shape index (κ3) is 5.07. The molecule has 0 rings (SSSR count). The molecule has 1 N–H and O–H groups in total. The summed E-state index contributed by atoms with van der Waals surface area (Å²) in [6, 6.07) is 0. The van der Waals surface area contributed by atoms with E-state index < -0.39 is 0 Å². The van der Waals surface area contributed by atoms with Crippen LogP contribution in [0.3, 0.4) is 0 Å². The predicted molar refractivity (Wildman–Crippen MR) is 45.4 cm³/mol. The van der Waals surface area contributed by atoms with Gasteiger partial charge in [0, 0.05) is 5.88 Å². The van der Waals surface area contributed by atoms with E-state index in [2.05, 4.69) is 0 Å². The minimum Gasteiger partial charge on any atom is -0.393 e. The van der Waals surface area contributed by atoms with Gasteiger partial charge < -0.3 is 5.11 Å². The highest BCUT2D eigenvalue weighted by molar-refractivity contribution is 6.17. The molecule has 0 aliphatic rings. The topological polar surface area (TPSA) is 20.2 Å². The van der Waals surface area contributed by atoms with Crippen LogP contribution in [-0.4, -0.2) is 17.1 Å². The molecule has 0 fully saturated rings. The highest BCUT2D eigenvalue weighted by Gasteiger charge is 2.07. The van der Waals surface area contributed by atoms with Gasteiger partial charge in [-0.1, -0.05) is 13.8 Å². The minimum atomic E-state index is -0.136. The number of alkyl halides is 1. The third-order valence-electron chi connectivity index (χ3n) is 1.65.